The molecule has 0 aromatic heterocycles. The lowest BCUT2D eigenvalue weighted by atomic mass is 10.2. The molecule has 1 rings (SSSR count). The average molecular weight is 316 g/mol. The van der Waals surface area contributed by atoms with Crippen LogP contribution in [0.3, 0.4) is 0 Å². The van der Waals surface area contributed by atoms with Gasteiger partial charge in [-0.15, -0.1) is 0 Å². The molecule has 0 aliphatic rings. The maximum absolute atomic E-state index is 12.6. The second kappa shape index (κ2) is 8.50. The summed E-state index contributed by atoms with van der Waals surface area (Å²) in [5, 5.41) is 0. The molecule has 0 aliphatic carbocycles. The maximum atomic E-state index is 12.6. The topological polar surface area (TPSA) is 61.8 Å². The van der Waals surface area contributed by atoms with Gasteiger partial charge in [-0.25, -0.2) is 9.59 Å². The van der Waals surface area contributed by atoms with Gasteiger partial charge in [0.05, 0.1) is 5.56 Å². The fourth-order valence-electron chi connectivity index (χ4n) is 1.23. The highest BCUT2D eigenvalue weighted by molar-refractivity contribution is 5.89. The van der Waals surface area contributed by atoms with Crippen molar-refractivity contribution in [3.8, 4) is 0 Å². The zero-order valence-corrected chi connectivity index (χ0v) is 11.1. The van der Waals surface area contributed by atoms with Gasteiger partial charge in [-0.3, -0.25) is 0 Å². The van der Waals surface area contributed by atoms with Gasteiger partial charge in [-0.05, 0) is 12.1 Å². The summed E-state index contributed by atoms with van der Waals surface area (Å²) in [6.45, 7) is 2.17. The van der Waals surface area contributed by atoms with Crippen molar-refractivity contribution < 1.29 is 37.0 Å². The van der Waals surface area contributed by atoms with Gasteiger partial charge in [0.15, 0.2) is 6.61 Å². The van der Waals surface area contributed by atoms with Crippen LogP contribution in [0.1, 0.15) is 10.4 Å². The third-order valence-electron chi connectivity index (χ3n) is 2.16. The Bertz CT molecular complexity index is 567. The first kappa shape index (κ1) is 17.3. The molecular formula is C14H11F3O5. The molecule has 1 aromatic carbocycles. The molecule has 0 saturated carbocycles. The van der Waals surface area contributed by atoms with E-state index in [1.807, 2.05) is 0 Å². The predicted molar refractivity (Wildman–Crippen MR) is 68.2 cm³/mol. The van der Waals surface area contributed by atoms with Gasteiger partial charge in [0.2, 0.25) is 0 Å². The van der Waals surface area contributed by atoms with Gasteiger partial charge in [0, 0.05) is 6.08 Å². The molecule has 1 atom stereocenters. The number of ether oxygens (including phenoxy) is 3. The van der Waals surface area contributed by atoms with Crippen LogP contribution in [-0.4, -0.2) is 24.8 Å². The Balaban J connectivity index is 2.73. The van der Waals surface area contributed by atoms with Gasteiger partial charge in [-0.2, -0.15) is 13.2 Å². The Kier molecular flexibility index (Phi) is 6.68. The molecule has 22 heavy (non-hydrogen) atoms. The van der Waals surface area contributed by atoms with Gasteiger partial charge < -0.3 is 14.2 Å². The molecule has 1 aromatic rings. The Labute approximate surface area is 123 Å². The smallest absolute Gasteiger partial charge is 0.342 e. The molecular weight excluding hydrogens is 305 g/mol. The van der Waals surface area contributed by atoms with Crippen LogP contribution < -0.4 is 0 Å². The number of carbonyl (C=O) groups is 2. The zero-order chi connectivity index (χ0) is 16.5. The average Bonchev–Trinajstić information content (AvgIpc) is 2.52. The van der Waals surface area contributed by atoms with Gasteiger partial charge in [-0.1, -0.05) is 24.8 Å². The van der Waals surface area contributed by atoms with Crippen molar-refractivity contribution in [2.24, 2.45) is 0 Å². The Morgan fingerprint density at radius 3 is 2.32 bits per heavy atom. The first-order valence-electron chi connectivity index (χ1n) is 5.86. The predicted octanol–water partition coefficient (Wildman–Crippen LogP) is 2.95. The third-order valence-corrected chi connectivity index (χ3v) is 2.16. The summed E-state index contributed by atoms with van der Waals surface area (Å²) >= 11 is 0. The molecule has 0 amide bonds. The molecule has 1 unspecified atom stereocenters. The summed E-state index contributed by atoms with van der Waals surface area (Å²) in [5.41, 5.74) is 0.120. The quantitative estimate of drug-likeness (QED) is 0.335. The summed E-state index contributed by atoms with van der Waals surface area (Å²) in [4.78, 5) is 22.8. The zero-order valence-electron chi connectivity index (χ0n) is 11.1. The molecule has 0 spiro atoms. The fraction of sp³-hybridized carbons (Fsp3) is 0.143. The molecule has 8 heteroatoms. The van der Waals surface area contributed by atoms with E-state index in [2.05, 4.69) is 16.1 Å². The monoisotopic (exact) mass is 316 g/mol. The van der Waals surface area contributed by atoms with Gasteiger partial charge >= 0.3 is 24.0 Å². The van der Waals surface area contributed by atoms with Gasteiger partial charge in [0.1, 0.15) is 0 Å². The SMILES string of the molecule is C=CC(=O)OC(COC(F)=C(F)F)OC(=O)c1ccccc1. The van der Waals surface area contributed by atoms with Crippen LogP contribution in [0.5, 0.6) is 0 Å². The van der Waals surface area contributed by atoms with Crippen molar-refractivity contribution in [3.05, 3.63) is 60.6 Å². The highest BCUT2D eigenvalue weighted by atomic mass is 19.3. The van der Waals surface area contributed by atoms with Crippen LogP contribution in [0.15, 0.2) is 55.1 Å². The highest BCUT2D eigenvalue weighted by Gasteiger charge is 2.21. The molecule has 0 fully saturated rings. The van der Waals surface area contributed by atoms with Crippen molar-refractivity contribution in [1.82, 2.24) is 0 Å². The standard InChI is InChI=1S/C14H11F3O5/c1-2-10(18)21-11(8-20-13(17)12(15)16)22-14(19)9-6-4-3-5-7-9/h2-7,11H,1,8H2. The lowest BCUT2D eigenvalue weighted by molar-refractivity contribution is -0.171. The number of benzene rings is 1. The van der Waals surface area contributed by atoms with Crippen LogP contribution in [0.25, 0.3) is 0 Å². The largest absolute Gasteiger partial charge is 0.459 e. The molecule has 0 saturated heterocycles. The van der Waals surface area contributed by atoms with E-state index in [9.17, 15) is 22.8 Å². The van der Waals surface area contributed by atoms with Crippen LogP contribution >= 0.6 is 0 Å². The molecule has 0 heterocycles. The van der Waals surface area contributed by atoms with Crippen LogP contribution in [-0.2, 0) is 19.0 Å². The summed E-state index contributed by atoms with van der Waals surface area (Å²) in [6.07, 6.45) is -3.66. The second-order valence-electron chi connectivity index (χ2n) is 3.69. The van der Waals surface area contributed by atoms with Crippen molar-refractivity contribution in [2.45, 2.75) is 6.29 Å². The van der Waals surface area contributed by atoms with Crippen molar-refractivity contribution in [1.29, 1.82) is 0 Å². The number of carbonyl (C=O) groups excluding carboxylic acids is 2. The minimum Gasteiger partial charge on any atom is -0.459 e. The van der Waals surface area contributed by atoms with E-state index in [0.29, 0.717) is 0 Å². The molecule has 0 N–H and O–H groups in total. The van der Waals surface area contributed by atoms with Crippen molar-refractivity contribution in [2.75, 3.05) is 6.61 Å². The van der Waals surface area contributed by atoms with E-state index < -0.39 is 36.9 Å². The number of hydrogen-bond acceptors (Lipinski definition) is 5. The van der Waals surface area contributed by atoms with Crippen LogP contribution in [0, 0.1) is 0 Å². The molecule has 0 radical (unpaired) electrons. The fourth-order valence-corrected chi connectivity index (χ4v) is 1.23. The van der Waals surface area contributed by atoms with Crippen molar-refractivity contribution in [3.63, 3.8) is 0 Å². The number of halogens is 3. The van der Waals surface area contributed by atoms with E-state index in [1.54, 1.807) is 18.2 Å². The summed E-state index contributed by atoms with van der Waals surface area (Å²) in [6, 6.07) is 5.43. The van der Waals surface area contributed by atoms with Crippen molar-refractivity contribution >= 4 is 11.9 Å². The number of hydrogen-bond donors (Lipinski definition) is 0. The van der Waals surface area contributed by atoms with E-state index in [0.717, 1.165) is 6.08 Å². The van der Waals surface area contributed by atoms with Crippen LogP contribution in [0.2, 0.25) is 0 Å². The lowest BCUT2D eigenvalue weighted by Crippen LogP contribution is -2.28. The molecule has 118 valence electrons. The summed E-state index contributed by atoms with van der Waals surface area (Å²) < 4.78 is 49.7. The van der Waals surface area contributed by atoms with E-state index >= 15 is 0 Å². The first-order chi connectivity index (χ1) is 10.4. The summed E-state index contributed by atoms with van der Waals surface area (Å²) in [7, 11) is 0. The molecule has 0 aliphatic heterocycles. The molecule has 5 nitrogen and oxygen atoms in total. The number of esters is 2. The van der Waals surface area contributed by atoms with Crippen LogP contribution in [0.4, 0.5) is 13.2 Å². The Morgan fingerprint density at radius 2 is 1.77 bits per heavy atom. The molecule has 0 bridgehead atoms. The minimum absolute atomic E-state index is 0.120. The Hall–Kier alpha value is -2.77. The van der Waals surface area contributed by atoms with E-state index in [4.69, 9.17) is 4.74 Å². The van der Waals surface area contributed by atoms with E-state index in [-0.39, 0.29) is 5.56 Å². The maximum Gasteiger partial charge on any atom is 0.342 e. The third kappa shape index (κ3) is 5.70. The lowest BCUT2D eigenvalue weighted by Gasteiger charge is -2.17. The Morgan fingerprint density at radius 1 is 1.14 bits per heavy atom. The first-order valence-corrected chi connectivity index (χ1v) is 5.86. The van der Waals surface area contributed by atoms with Gasteiger partial charge in [0.25, 0.3) is 6.29 Å². The van der Waals surface area contributed by atoms with E-state index in [1.165, 1.54) is 12.1 Å². The minimum atomic E-state index is -2.69. The second-order valence-corrected chi connectivity index (χ2v) is 3.69. The summed E-state index contributed by atoms with van der Waals surface area (Å²) in [5.74, 6) is -1.91. The number of rotatable bonds is 7. The highest BCUT2D eigenvalue weighted by Crippen LogP contribution is 2.13. The normalized spacial score (nSPS) is 11.0.